The number of nitrogens with one attached hydrogen (secondary N) is 1. The van der Waals surface area contributed by atoms with Gasteiger partial charge in [0, 0.05) is 0 Å². The molecule has 1 aromatic rings. The highest BCUT2D eigenvalue weighted by Gasteiger charge is 2.41. The molecular weight excluding hydrogens is 332 g/mol. The number of hydrogen-bond donors (Lipinski definition) is 2. The highest BCUT2D eigenvalue weighted by Crippen LogP contribution is 2.39. The molecule has 1 unspecified atom stereocenters. The van der Waals surface area contributed by atoms with E-state index < -0.39 is 0 Å². The second-order valence-corrected chi connectivity index (χ2v) is 7.28. The maximum Gasteiger partial charge on any atom is 0.255 e. The van der Waals surface area contributed by atoms with Gasteiger partial charge in [0.2, 0.25) is 0 Å². The maximum absolute atomic E-state index is 12.9. The fraction of sp³-hybridized carbons (Fsp3) is 0.650. The maximum atomic E-state index is 12.9. The van der Waals surface area contributed by atoms with Gasteiger partial charge in [-0.3, -0.25) is 4.79 Å². The Morgan fingerprint density at radius 3 is 2.88 bits per heavy atom. The van der Waals surface area contributed by atoms with Gasteiger partial charge in [0.15, 0.2) is 0 Å². The first-order valence-corrected chi connectivity index (χ1v) is 9.61. The summed E-state index contributed by atoms with van der Waals surface area (Å²) in [4.78, 5) is 12.9. The summed E-state index contributed by atoms with van der Waals surface area (Å²) in [6.45, 7) is 1.62. The summed E-state index contributed by atoms with van der Waals surface area (Å²) in [5, 5.41) is 3.12. The number of methoxy groups -OCH3 is 1. The second-order valence-electron chi connectivity index (χ2n) is 7.28. The molecule has 1 atom stereocenters. The van der Waals surface area contributed by atoms with Crippen molar-refractivity contribution in [1.82, 2.24) is 5.32 Å². The van der Waals surface area contributed by atoms with Crippen molar-refractivity contribution in [2.75, 3.05) is 26.9 Å². The van der Waals surface area contributed by atoms with E-state index in [1.54, 1.807) is 25.3 Å². The lowest BCUT2D eigenvalue weighted by Gasteiger charge is -2.32. The minimum absolute atomic E-state index is 0.0228. The first kappa shape index (κ1) is 19.0. The van der Waals surface area contributed by atoms with Gasteiger partial charge in [-0.1, -0.05) is 19.3 Å². The summed E-state index contributed by atoms with van der Waals surface area (Å²) < 4.78 is 17.1. The number of ether oxygens (including phenoxy) is 3. The van der Waals surface area contributed by atoms with Crippen molar-refractivity contribution in [3.8, 4) is 11.5 Å². The lowest BCUT2D eigenvalue weighted by Crippen LogP contribution is -2.37. The summed E-state index contributed by atoms with van der Waals surface area (Å²) in [7, 11) is 1.59. The van der Waals surface area contributed by atoms with Gasteiger partial charge in [-0.25, -0.2) is 0 Å². The van der Waals surface area contributed by atoms with Crippen LogP contribution in [0.2, 0.25) is 0 Å². The van der Waals surface area contributed by atoms with Gasteiger partial charge >= 0.3 is 0 Å². The van der Waals surface area contributed by atoms with E-state index in [0.717, 1.165) is 25.7 Å². The molecule has 0 bridgehead atoms. The third-order valence-corrected chi connectivity index (χ3v) is 5.35. The van der Waals surface area contributed by atoms with Crippen LogP contribution in [0.5, 0.6) is 11.5 Å². The summed E-state index contributed by atoms with van der Waals surface area (Å²) >= 11 is 0. The minimum atomic E-state index is -0.145. The first-order valence-electron chi connectivity index (χ1n) is 9.61. The van der Waals surface area contributed by atoms with Crippen LogP contribution in [0.15, 0.2) is 18.2 Å². The number of hydrogen-bond acceptors (Lipinski definition) is 5. The van der Waals surface area contributed by atoms with Crippen molar-refractivity contribution < 1.29 is 19.0 Å². The van der Waals surface area contributed by atoms with Crippen molar-refractivity contribution >= 4 is 5.91 Å². The normalized spacial score (nSPS) is 21.5. The van der Waals surface area contributed by atoms with Crippen LogP contribution in [0.25, 0.3) is 0 Å². The highest BCUT2D eigenvalue weighted by atomic mass is 16.5. The van der Waals surface area contributed by atoms with Gasteiger partial charge in [0.25, 0.3) is 5.91 Å². The van der Waals surface area contributed by atoms with E-state index in [2.05, 4.69) is 5.32 Å². The molecule has 144 valence electrons. The molecule has 2 aliphatic rings. The molecule has 1 aromatic carbocycles. The number of carbonyl (C=O) groups excluding carboxylic acids is 1. The lowest BCUT2D eigenvalue weighted by atomic mass is 9.82. The van der Waals surface area contributed by atoms with Crippen molar-refractivity contribution in [2.45, 2.75) is 56.6 Å². The Morgan fingerprint density at radius 2 is 2.15 bits per heavy atom. The molecule has 1 saturated heterocycles. The number of nitrogens with two attached hydrogens (primary N) is 1. The molecule has 1 spiro atoms. The summed E-state index contributed by atoms with van der Waals surface area (Å²) in [6, 6.07) is 5.34. The van der Waals surface area contributed by atoms with Gasteiger partial charge in [-0.2, -0.15) is 0 Å². The zero-order valence-corrected chi connectivity index (χ0v) is 15.6. The fourth-order valence-corrected chi connectivity index (χ4v) is 3.95. The molecule has 1 aliphatic carbocycles. The molecule has 26 heavy (non-hydrogen) atoms. The molecule has 6 heteroatoms. The molecule has 1 saturated carbocycles. The zero-order chi connectivity index (χ0) is 18.4. The standard InChI is InChI=1S/C20H30N2O4/c1-24-16-6-7-18(25-11-5-10-21)17(12-16)19(23)22-15-13-20(26-14-15)8-3-2-4-9-20/h6-7,12,15H,2-5,8-11,13-14,21H2,1H3,(H,22,23). The van der Waals surface area contributed by atoms with Crippen LogP contribution in [-0.4, -0.2) is 44.4 Å². The first-order chi connectivity index (χ1) is 12.7. The Bertz CT molecular complexity index is 614. The van der Waals surface area contributed by atoms with E-state index in [4.69, 9.17) is 19.9 Å². The van der Waals surface area contributed by atoms with Crippen molar-refractivity contribution in [3.63, 3.8) is 0 Å². The number of benzene rings is 1. The van der Waals surface area contributed by atoms with Crippen LogP contribution in [-0.2, 0) is 4.74 Å². The van der Waals surface area contributed by atoms with Crippen LogP contribution >= 0.6 is 0 Å². The molecule has 1 aliphatic heterocycles. The SMILES string of the molecule is COc1ccc(OCCCN)c(C(=O)NC2COC3(CCCCC3)C2)c1. The van der Waals surface area contributed by atoms with Crippen molar-refractivity contribution in [1.29, 1.82) is 0 Å². The molecule has 3 rings (SSSR count). The molecule has 6 nitrogen and oxygen atoms in total. The van der Waals surface area contributed by atoms with Gasteiger partial charge in [0.05, 0.1) is 37.5 Å². The highest BCUT2D eigenvalue weighted by molar-refractivity contribution is 5.97. The predicted octanol–water partition coefficient (Wildman–Crippen LogP) is 2.64. The Kier molecular flexibility index (Phi) is 6.38. The van der Waals surface area contributed by atoms with Crippen LogP contribution < -0.4 is 20.5 Å². The second kappa shape index (κ2) is 8.73. The van der Waals surface area contributed by atoms with E-state index in [1.807, 2.05) is 0 Å². The van der Waals surface area contributed by atoms with Gasteiger partial charge in [0.1, 0.15) is 11.5 Å². The van der Waals surface area contributed by atoms with E-state index >= 15 is 0 Å². The Hall–Kier alpha value is -1.79. The van der Waals surface area contributed by atoms with Crippen LogP contribution in [0.1, 0.15) is 55.3 Å². The average molecular weight is 362 g/mol. The van der Waals surface area contributed by atoms with E-state index in [-0.39, 0.29) is 17.6 Å². The monoisotopic (exact) mass is 362 g/mol. The third-order valence-electron chi connectivity index (χ3n) is 5.35. The Balaban J connectivity index is 1.66. The summed E-state index contributed by atoms with van der Waals surface area (Å²) in [6.07, 6.45) is 7.57. The smallest absolute Gasteiger partial charge is 0.255 e. The predicted molar refractivity (Wildman–Crippen MR) is 99.8 cm³/mol. The van der Waals surface area contributed by atoms with Crippen LogP contribution in [0.3, 0.4) is 0 Å². The molecule has 3 N–H and O–H groups in total. The van der Waals surface area contributed by atoms with Crippen LogP contribution in [0, 0.1) is 0 Å². The van der Waals surface area contributed by atoms with Gasteiger partial charge in [-0.15, -0.1) is 0 Å². The van der Waals surface area contributed by atoms with Crippen molar-refractivity contribution in [3.05, 3.63) is 23.8 Å². The van der Waals surface area contributed by atoms with E-state index in [1.165, 1.54) is 19.3 Å². The molecule has 1 heterocycles. The summed E-state index contributed by atoms with van der Waals surface area (Å²) in [5.41, 5.74) is 5.99. The molecular formula is C20H30N2O4. The lowest BCUT2D eigenvalue weighted by molar-refractivity contribution is -0.0246. The topological polar surface area (TPSA) is 82.8 Å². The van der Waals surface area contributed by atoms with E-state index in [9.17, 15) is 4.79 Å². The van der Waals surface area contributed by atoms with E-state index in [0.29, 0.717) is 36.8 Å². The van der Waals surface area contributed by atoms with Crippen molar-refractivity contribution in [2.24, 2.45) is 5.73 Å². The zero-order valence-electron chi connectivity index (χ0n) is 15.6. The quantitative estimate of drug-likeness (QED) is 0.729. The largest absolute Gasteiger partial charge is 0.497 e. The third kappa shape index (κ3) is 4.48. The number of carbonyl (C=O) groups is 1. The Labute approximate surface area is 155 Å². The van der Waals surface area contributed by atoms with Crippen LogP contribution in [0.4, 0.5) is 0 Å². The number of rotatable bonds is 7. The fourth-order valence-electron chi connectivity index (χ4n) is 3.95. The summed E-state index contributed by atoms with van der Waals surface area (Å²) in [5.74, 6) is 1.05. The molecule has 0 aromatic heterocycles. The average Bonchev–Trinajstić information content (AvgIpc) is 3.04. The minimum Gasteiger partial charge on any atom is -0.497 e. The van der Waals surface area contributed by atoms with Gasteiger partial charge < -0.3 is 25.3 Å². The molecule has 1 amide bonds. The Morgan fingerprint density at radius 1 is 1.35 bits per heavy atom. The molecule has 0 radical (unpaired) electrons. The molecule has 2 fully saturated rings. The van der Waals surface area contributed by atoms with Gasteiger partial charge in [-0.05, 0) is 50.4 Å². The number of amides is 1.